The molecule has 2 aliphatic carbocycles. The van der Waals surface area contributed by atoms with E-state index in [1.807, 2.05) is 11.3 Å². The van der Waals surface area contributed by atoms with E-state index in [0.29, 0.717) is 11.8 Å². The van der Waals surface area contributed by atoms with Crippen LogP contribution in [0.3, 0.4) is 0 Å². The van der Waals surface area contributed by atoms with Gasteiger partial charge in [0.05, 0.1) is 11.9 Å². The molecule has 0 amide bonds. The minimum atomic E-state index is 0.673. The van der Waals surface area contributed by atoms with Crippen molar-refractivity contribution in [3.63, 3.8) is 0 Å². The summed E-state index contributed by atoms with van der Waals surface area (Å²) in [6.07, 6.45) is 18.7. The second-order valence-corrected chi connectivity index (χ2v) is 8.20. The number of aromatic nitrogens is 3. The zero-order valence-corrected chi connectivity index (χ0v) is 14.3. The van der Waals surface area contributed by atoms with Crippen LogP contribution in [0.25, 0.3) is 4.96 Å². The van der Waals surface area contributed by atoms with Gasteiger partial charge in [0.25, 0.3) is 0 Å². The van der Waals surface area contributed by atoms with Gasteiger partial charge in [-0.05, 0) is 25.7 Å². The maximum Gasteiger partial charge on any atom is 0.212 e. The highest BCUT2D eigenvalue weighted by Crippen LogP contribution is 2.36. The first-order valence-electron chi connectivity index (χ1n) is 9.26. The molecule has 0 bridgehead atoms. The van der Waals surface area contributed by atoms with Crippen molar-refractivity contribution < 1.29 is 0 Å². The zero-order valence-electron chi connectivity index (χ0n) is 13.5. The lowest BCUT2D eigenvalue weighted by atomic mass is 9.89. The number of nitrogens with zero attached hydrogens (tertiary/aromatic N) is 3. The second kappa shape index (κ2) is 6.69. The van der Waals surface area contributed by atoms with Crippen LogP contribution in [0.1, 0.15) is 99.6 Å². The summed E-state index contributed by atoms with van der Waals surface area (Å²) >= 11 is 1.84. The Balaban J connectivity index is 1.52. The average molecular weight is 318 g/mol. The molecule has 2 fully saturated rings. The van der Waals surface area contributed by atoms with Gasteiger partial charge in [0.1, 0.15) is 5.01 Å². The Hall–Kier alpha value is -0.900. The molecule has 0 atom stereocenters. The molecular weight excluding hydrogens is 290 g/mol. The molecule has 22 heavy (non-hydrogen) atoms. The lowest BCUT2D eigenvalue weighted by Gasteiger charge is -2.18. The quantitative estimate of drug-likeness (QED) is 0.714. The summed E-state index contributed by atoms with van der Waals surface area (Å²) in [7, 11) is 0. The highest BCUT2D eigenvalue weighted by molar-refractivity contribution is 7.16. The molecule has 120 valence electrons. The number of rotatable bonds is 2. The summed E-state index contributed by atoms with van der Waals surface area (Å²) < 4.78 is 2.07. The normalized spacial score (nSPS) is 22.7. The highest BCUT2D eigenvalue weighted by Gasteiger charge is 2.22. The fourth-order valence-corrected chi connectivity index (χ4v) is 5.25. The molecule has 0 saturated heterocycles. The average Bonchev–Trinajstić information content (AvgIpc) is 3.06. The summed E-state index contributed by atoms with van der Waals surface area (Å²) in [6.45, 7) is 0. The van der Waals surface area contributed by atoms with Gasteiger partial charge in [-0.15, -0.1) is 0 Å². The zero-order chi connectivity index (χ0) is 14.8. The molecule has 4 rings (SSSR count). The highest BCUT2D eigenvalue weighted by atomic mass is 32.1. The van der Waals surface area contributed by atoms with Crippen LogP contribution in [0.4, 0.5) is 0 Å². The van der Waals surface area contributed by atoms with E-state index in [0.717, 1.165) is 4.96 Å². The smallest absolute Gasteiger partial charge is 0.212 e. The van der Waals surface area contributed by atoms with E-state index in [1.165, 1.54) is 87.8 Å². The van der Waals surface area contributed by atoms with Crippen LogP contribution in [-0.2, 0) is 0 Å². The monoisotopic (exact) mass is 317 g/mol. The lowest BCUT2D eigenvalue weighted by Crippen LogP contribution is -2.05. The van der Waals surface area contributed by atoms with Gasteiger partial charge in [-0.25, -0.2) is 9.50 Å². The minimum Gasteiger partial charge on any atom is -0.222 e. The van der Waals surface area contributed by atoms with Crippen LogP contribution in [0.5, 0.6) is 0 Å². The van der Waals surface area contributed by atoms with Crippen molar-refractivity contribution >= 4 is 16.3 Å². The van der Waals surface area contributed by atoms with Crippen LogP contribution in [0, 0.1) is 0 Å². The summed E-state index contributed by atoms with van der Waals surface area (Å²) in [5.41, 5.74) is 1.30. The Morgan fingerprint density at radius 1 is 0.818 bits per heavy atom. The molecule has 0 aliphatic heterocycles. The van der Waals surface area contributed by atoms with E-state index in [2.05, 4.69) is 10.7 Å². The first-order chi connectivity index (χ1) is 10.9. The largest absolute Gasteiger partial charge is 0.222 e. The summed E-state index contributed by atoms with van der Waals surface area (Å²) in [6, 6.07) is 0. The Morgan fingerprint density at radius 2 is 1.41 bits per heavy atom. The van der Waals surface area contributed by atoms with Crippen molar-refractivity contribution in [2.75, 3.05) is 0 Å². The van der Waals surface area contributed by atoms with Gasteiger partial charge in [0, 0.05) is 11.8 Å². The summed E-state index contributed by atoms with van der Waals surface area (Å²) in [5, 5.41) is 6.19. The van der Waals surface area contributed by atoms with Crippen molar-refractivity contribution in [2.45, 2.75) is 88.9 Å². The van der Waals surface area contributed by atoms with Gasteiger partial charge < -0.3 is 0 Å². The van der Waals surface area contributed by atoms with Crippen LogP contribution >= 0.6 is 11.3 Å². The van der Waals surface area contributed by atoms with Crippen LogP contribution < -0.4 is 0 Å². The maximum atomic E-state index is 4.94. The Labute approximate surface area is 137 Å². The molecule has 2 saturated carbocycles. The number of hydrogen-bond donors (Lipinski definition) is 0. The molecule has 2 aromatic rings. The van der Waals surface area contributed by atoms with Crippen molar-refractivity contribution in [1.29, 1.82) is 0 Å². The van der Waals surface area contributed by atoms with Crippen molar-refractivity contribution in [1.82, 2.24) is 14.6 Å². The van der Waals surface area contributed by atoms with Gasteiger partial charge in [-0.3, -0.25) is 0 Å². The number of imidazole rings is 1. The summed E-state index contributed by atoms with van der Waals surface area (Å²) in [4.78, 5) is 6.07. The van der Waals surface area contributed by atoms with Crippen molar-refractivity contribution in [3.8, 4) is 0 Å². The SMILES string of the molecule is c1c(C2CCCCCCC2)nc2sc(C3CCCCC3)nn12. The molecule has 2 aliphatic rings. The van der Waals surface area contributed by atoms with E-state index < -0.39 is 0 Å². The first kappa shape index (κ1) is 14.7. The third-order valence-electron chi connectivity index (χ3n) is 5.56. The third-order valence-corrected chi connectivity index (χ3v) is 6.64. The van der Waals surface area contributed by atoms with Crippen molar-refractivity contribution in [3.05, 3.63) is 16.9 Å². The Kier molecular flexibility index (Phi) is 4.47. The van der Waals surface area contributed by atoms with E-state index in [1.54, 1.807) is 0 Å². The molecule has 0 spiro atoms. The van der Waals surface area contributed by atoms with E-state index in [9.17, 15) is 0 Å². The second-order valence-electron chi connectivity index (χ2n) is 7.21. The molecule has 0 unspecified atom stereocenters. The maximum absolute atomic E-state index is 4.94. The lowest BCUT2D eigenvalue weighted by molar-refractivity contribution is 0.439. The topological polar surface area (TPSA) is 30.2 Å². The van der Waals surface area contributed by atoms with Crippen LogP contribution in [0.2, 0.25) is 0 Å². The molecule has 4 heteroatoms. The van der Waals surface area contributed by atoms with E-state index >= 15 is 0 Å². The third kappa shape index (κ3) is 3.08. The molecular formula is C18H27N3S. The van der Waals surface area contributed by atoms with Gasteiger partial charge in [0.2, 0.25) is 4.96 Å². The van der Waals surface area contributed by atoms with Crippen LogP contribution in [0.15, 0.2) is 6.20 Å². The summed E-state index contributed by atoms with van der Waals surface area (Å²) in [5.74, 6) is 1.37. The fourth-order valence-electron chi connectivity index (χ4n) is 4.20. The predicted molar refractivity (Wildman–Crippen MR) is 91.8 cm³/mol. The Morgan fingerprint density at radius 3 is 2.09 bits per heavy atom. The fraction of sp³-hybridized carbons (Fsp3) is 0.778. The molecule has 0 aromatic carbocycles. The first-order valence-corrected chi connectivity index (χ1v) is 10.1. The van der Waals surface area contributed by atoms with Gasteiger partial charge in [-0.1, -0.05) is 62.7 Å². The van der Waals surface area contributed by atoms with Crippen molar-refractivity contribution in [2.24, 2.45) is 0 Å². The number of fused-ring (bicyclic) bond motifs is 1. The Bertz CT molecular complexity index is 569. The standard InChI is InChI=1S/C18H27N3S/c1-2-5-9-14(10-6-3-1)16-13-21-18(19-16)22-17(20-21)15-11-7-4-8-12-15/h13-15H,1-12H2. The molecule has 3 nitrogen and oxygen atoms in total. The van der Waals surface area contributed by atoms with Crippen LogP contribution in [-0.4, -0.2) is 14.6 Å². The molecule has 2 aromatic heterocycles. The minimum absolute atomic E-state index is 0.673. The molecule has 0 radical (unpaired) electrons. The molecule has 2 heterocycles. The van der Waals surface area contributed by atoms with E-state index in [-0.39, 0.29) is 0 Å². The van der Waals surface area contributed by atoms with Gasteiger partial charge in [0.15, 0.2) is 0 Å². The predicted octanol–water partition coefficient (Wildman–Crippen LogP) is 5.67. The molecule has 0 N–H and O–H groups in total. The number of hydrogen-bond acceptors (Lipinski definition) is 3. The van der Waals surface area contributed by atoms with Gasteiger partial charge in [-0.2, -0.15) is 5.10 Å². The van der Waals surface area contributed by atoms with Gasteiger partial charge >= 0.3 is 0 Å². The van der Waals surface area contributed by atoms with E-state index in [4.69, 9.17) is 10.1 Å².